The average Bonchev–Trinajstić information content (AvgIpc) is 2.39. The van der Waals surface area contributed by atoms with Gasteiger partial charge in [-0.2, -0.15) is 0 Å². The fourth-order valence-electron chi connectivity index (χ4n) is 1.66. The van der Waals surface area contributed by atoms with Gasteiger partial charge in [-0.15, -0.1) is 0 Å². The Morgan fingerprint density at radius 3 is 2.52 bits per heavy atom. The summed E-state index contributed by atoms with van der Waals surface area (Å²) in [6.45, 7) is 3.75. The van der Waals surface area contributed by atoms with E-state index in [9.17, 15) is 17.6 Å². The molecule has 0 aromatic heterocycles. The van der Waals surface area contributed by atoms with Crippen molar-refractivity contribution in [2.45, 2.75) is 18.2 Å². The molecule has 1 rings (SSSR count). The molecule has 1 amide bonds. The van der Waals surface area contributed by atoms with Gasteiger partial charge in [-0.05, 0) is 25.1 Å². The summed E-state index contributed by atoms with van der Waals surface area (Å²) in [5, 5.41) is 5.64. The first kappa shape index (κ1) is 18.1. The molecule has 0 saturated heterocycles. The largest absolute Gasteiger partial charge is 0.351 e. The lowest BCUT2D eigenvalue weighted by atomic mass is 10.2. The quantitative estimate of drug-likeness (QED) is 0.706. The van der Waals surface area contributed by atoms with Gasteiger partial charge in [0.15, 0.2) is 15.7 Å². The number of halogens is 2. The van der Waals surface area contributed by atoms with Crippen molar-refractivity contribution in [1.82, 2.24) is 10.6 Å². The maximum atomic E-state index is 14.2. The van der Waals surface area contributed by atoms with Crippen LogP contribution in [0.25, 0.3) is 0 Å². The summed E-state index contributed by atoms with van der Waals surface area (Å²) in [5.41, 5.74) is -0.291. The van der Waals surface area contributed by atoms with Crippen LogP contribution in [0.2, 0.25) is 0 Å². The number of sulfone groups is 1. The van der Waals surface area contributed by atoms with Crippen LogP contribution in [0.1, 0.15) is 23.7 Å². The van der Waals surface area contributed by atoms with Crippen LogP contribution in [-0.4, -0.2) is 40.2 Å². The smallest absolute Gasteiger partial charge is 0.254 e. The Hall–Kier alpha value is -0.990. The summed E-state index contributed by atoms with van der Waals surface area (Å²) in [7, 11) is -3.74. The zero-order chi connectivity index (χ0) is 16.0. The Morgan fingerprint density at radius 2 is 1.95 bits per heavy atom. The van der Waals surface area contributed by atoms with Crippen molar-refractivity contribution >= 4 is 31.7 Å². The van der Waals surface area contributed by atoms with Crippen molar-refractivity contribution in [3.05, 3.63) is 28.0 Å². The van der Waals surface area contributed by atoms with E-state index in [0.717, 1.165) is 25.3 Å². The Balaban J connectivity index is 2.88. The molecule has 0 bridgehead atoms. The number of amides is 1. The number of rotatable bonds is 7. The highest BCUT2D eigenvalue weighted by Gasteiger charge is 2.21. The zero-order valence-electron chi connectivity index (χ0n) is 11.9. The third kappa shape index (κ3) is 5.37. The van der Waals surface area contributed by atoms with Crippen LogP contribution >= 0.6 is 15.9 Å². The fourth-order valence-corrected chi connectivity index (χ4v) is 3.05. The molecular formula is C13H18BrFN2O3S. The van der Waals surface area contributed by atoms with Crippen LogP contribution < -0.4 is 10.6 Å². The maximum absolute atomic E-state index is 14.2. The number of carbonyl (C=O) groups excluding carboxylic acids is 1. The highest BCUT2D eigenvalue weighted by molar-refractivity contribution is 9.10. The second-order valence-electron chi connectivity index (χ2n) is 4.54. The van der Waals surface area contributed by atoms with Crippen molar-refractivity contribution in [2.75, 3.05) is 25.9 Å². The molecule has 0 aliphatic rings. The van der Waals surface area contributed by atoms with Crippen LogP contribution in [0, 0.1) is 5.82 Å². The standard InChI is InChI=1S/C13H18BrFN2O3S/c1-3-4-16-5-6-17-13(18)10-7-9(14)8-11(12(10)15)21(2,19)20/h7-8,16H,3-6H2,1-2H3,(H,17,18). The first-order valence-electron chi connectivity index (χ1n) is 6.45. The molecule has 0 atom stereocenters. The van der Waals surface area contributed by atoms with Crippen molar-refractivity contribution in [3.8, 4) is 0 Å². The van der Waals surface area contributed by atoms with Gasteiger partial charge < -0.3 is 10.6 Å². The molecule has 0 fully saturated rings. The van der Waals surface area contributed by atoms with Crippen molar-refractivity contribution < 1.29 is 17.6 Å². The molecule has 1 aromatic rings. The molecule has 2 N–H and O–H groups in total. The molecule has 0 unspecified atom stereocenters. The molecule has 0 saturated carbocycles. The summed E-state index contributed by atoms with van der Waals surface area (Å²) in [6, 6.07) is 2.41. The Kier molecular flexibility index (Phi) is 6.76. The lowest BCUT2D eigenvalue weighted by molar-refractivity contribution is 0.0949. The zero-order valence-corrected chi connectivity index (χ0v) is 14.3. The molecule has 0 aliphatic carbocycles. The number of hydrogen-bond donors (Lipinski definition) is 2. The van der Waals surface area contributed by atoms with Crippen LogP contribution in [0.3, 0.4) is 0 Å². The van der Waals surface area contributed by atoms with Gasteiger partial charge in [0, 0.05) is 23.8 Å². The van der Waals surface area contributed by atoms with Gasteiger partial charge in [0.1, 0.15) is 4.90 Å². The number of nitrogens with one attached hydrogen (secondary N) is 2. The van der Waals surface area contributed by atoms with Crippen LogP contribution in [0.15, 0.2) is 21.5 Å². The van der Waals surface area contributed by atoms with E-state index in [0.29, 0.717) is 17.6 Å². The molecule has 8 heteroatoms. The van der Waals surface area contributed by atoms with Gasteiger partial charge in [0.2, 0.25) is 0 Å². The van der Waals surface area contributed by atoms with E-state index >= 15 is 0 Å². The number of benzene rings is 1. The first-order valence-corrected chi connectivity index (χ1v) is 9.13. The van der Waals surface area contributed by atoms with E-state index in [4.69, 9.17) is 0 Å². The van der Waals surface area contributed by atoms with E-state index in [-0.39, 0.29) is 5.56 Å². The van der Waals surface area contributed by atoms with E-state index in [1.807, 2.05) is 6.92 Å². The maximum Gasteiger partial charge on any atom is 0.254 e. The minimum Gasteiger partial charge on any atom is -0.351 e. The Bertz CT molecular complexity index is 620. The second kappa shape index (κ2) is 7.86. The normalized spacial score (nSPS) is 11.4. The highest BCUT2D eigenvalue weighted by Crippen LogP contribution is 2.24. The summed E-state index contributed by atoms with van der Waals surface area (Å²) in [6.07, 6.45) is 1.88. The van der Waals surface area contributed by atoms with Gasteiger partial charge in [-0.25, -0.2) is 12.8 Å². The molecule has 0 aliphatic heterocycles. The topological polar surface area (TPSA) is 75.3 Å². The summed E-state index contributed by atoms with van der Waals surface area (Å²) >= 11 is 3.09. The molecule has 0 spiro atoms. The molecule has 0 radical (unpaired) electrons. The van der Waals surface area contributed by atoms with E-state index in [2.05, 4.69) is 26.6 Å². The lowest BCUT2D eigenvalue weighted by Crippen LogP contribution is -2.32. The minimum atomic E-state index is -3.74. The predicted molar refractivity (Wildman–Crippen MR) is 82.7 cm³/mol. The van der Waals surface area contributed by atoms with Crippen molar-refractivity contribution in [2.24, 2.45) is 0 Å². The van der Waals surface area contributed by atoms with Crippen molar-refractivity contribution in [3.63, 3.8) is 0 Å². The summed E-state index contributed by atoms with van der Waals surface area (Å²) in [4.78, 5) is 11.4. The van der Waals surface area contributed by atoms with Crippen LogP contribution in [-0.2, 0) is 9.84 Å². The summed E-state index contributed by atoms with van der Waals surface area (Å²) < 4.78 is 37.5. The van der Waals surface area contributed by atoms with Crippen LogP contribution in [0.4, 0.5) is 4.39 Å². The molecule has 0 heterocycles. The third-order valence-electron chi connectivity index (χ3n) is 2.66. The fraction of sp³-hybridized carbons (Fsp3) is 0.462. The average molecular weight is 381 g/mol. The van der Waals surface area contributed by atoms with Gasteiger partial charge >= 0.3 is 0 Å². The van der Waals surface area contributed by atoms with E-state index in [1.165, 1.54) is 6.07 Å². The molecular weight excluding hydrogens is 363 g/mol. The molecule has 118 valence electrons. The predicted octanol–water partition coefficient (Wildman–Crippen LogP) is 1.72. The molecule has 1 aromatic carbocycles. The summed E-state index contributed by atoms with van der Waals surface area (Å²) in [5.74, 6) is -1.67. The highest BCUT2D eigenvalue weighted by atomic mass is 79.9. The SMILES string of the molecule is CCCNCCNC(=O)c1cc(Br)cc(S(C)(=O)=O)c1F. The van der Waals surface area contributed by atoms with Crippen molar-refractivity contribution in [1.29, 1.82) is 0 Å². The Morgan fingerprint density at radius 1 is 1.29 bits per heavy atom. The van der Waals surface area contributed by atoms with Crippen LogP contribution in [0.5, 0.6) is 0 Å². The van der Waals surface area contributed by atoms with Gasteiger partial charge in [0.05, 0.1) is 5.56 Å². The molecule has 21 heavy (non-hydrogen) atoms. The minimum absolute atomic E-state index is 0.291. The van der Waals surface area contributed by atoms with E-state index in [1.54, 1.807) is 0 Å². The Labute approximate surface area is 132 Å². The second-order valence-corrected chi connectivity index (χ2v) is 7.44. The van der Waals surface area contributed by atoms with E-state index < -0.39 is 26.5 Å². The van der Waals surface area contributed by atoms with Gasteiger partial charge in [-0.1, -0.05) is 22.9 Å². The monoisotopic (exact) mass is 380 g/mol. The lowest BCUT2D eigenvalue weighted by Gasteiger charge is -2.10. The molecule has 5 nitrogen and oxygen atoms in total. The first-order chi connectivity index (χ1) is 9.77. The number of carbonyl (C=O) groups is 1. The third-order valence-corrected chi connectivity index (χ3v) is 4.22. The number of hydrogen-bond acceptors (Lipinski definition) is 4. The van der Waals surface area contributed by atoms with Gasteiger partial charge in [-0.3, -0.25) is 4.79 Å². The van der Waals surface area contributed by atoms with Gasteiger partial charge in [0.25, 0.3) is 5.91 Å².